The predicted octanol–water partition coefficient (Wildman–Crippen LogP) is 1.64. The minimum Gasteiger partial charge on any atom is -0.390 e. The van der Waals surface area contributed by atoms with E-state index < -0.39 is 18.6 Å². The lowest BCUT2D eigenvalue weighted by Gasteiger charge is -2.38. The molecule has 23 heavy (non-hydrogen) atoms. The first-order valence-corrected chi connectivity index (χ1v) is 7.25. The molecule has 1 aromatic carbocycles. The van der Waals surface area contributed by atoms with Gasteiger partial charge in [-0.15, -0.1) is 12.4 Å². The third kappa shape index (κ3) is 5.10. The standard InChI is InChI=1S/C15H21F2N3O2.ClH/c1-11(22)19-13-4-2-12(3-5-13)14(15(16,17)10-21)20-8-6-18-7-9-20;/h2-5,14,18,21H,6-10H2,1H3,(H,19,22);1H/t14-;/m0./s1. The third-order valence-corrected chi connectivity index (χ3v) is 3.67. The minimum absolute atomic E-state index is 0. The van der Waals surface area contributed by atoms with Crippen LogP contribution in [0, 0.1) is 0 Å². The number of hydrogen-bond acceptors (Lipinski definition) is 4. The Morgan fingerprint density at radius 1 is 1.35 bits per heavy atom. The normalized spacial score (nSPS) is 17.2. The van der Waals surface area contributed by atoms with Gasteiger partial charge in [-0.05, 0) is 17.7 Å². The molecule has 1 atom stereocenters. The molecule has 5 nitrogen and oxygen atoms in total. The Morgan fingerprint density at radius 3 is 2.39 bits per heavy atom. The minimum atomic E-state index is -3.23. The summed E-state index contributed by atoms with van der Waals surface area (Å²) in [4.78, 5) is 12.7. The fraction of sp³-hybridized carbons (Fsp3) is 0.533. The second kappa shape index (κ2) is 8.54. The molecule has 130 valence electrons. The summed E-state index contributed by atoms with van der Waals surface area (Å²) in [5.41, 5.74) is 0.984. The number of carbonyl (C=O) groups excluding carboxylic acids is 1. The van der Waals surface area contributed by atoms with Gasteiger partial charge in [0.05, 0.1) is 0 Å². The summed E-state index contributed by atoms with van der Waals surface area (Å²) in [5.74, 6) is -3.44. The number of aliphatic hydroxyl groups excluding tert-OH is 1. The van der Waals surface area contributed by atoms with Crippen molar-refractivity contribution in [1.82, 2.24) is 10.2 Å². The maximum absolute atomic E-state index is 14.2. The van der Waals surface area contributed by atoms with Crippen LogP contribution in [0.25, 0.3) is 0 Å². The Bertz CT molecular complexity index is 508. The Kier molecular flexibility index (Phi) is 7.34. The van der Waals surface area contributed by atoms with Crippen LogP contribution in [-0.2, 0) is 4.79 Å². The number of anilines is 1. The number of carbonyl (C=O) groups is 1. The summed E-state index contributed by atoms with van der Waals surface area (Å²) < 4.78 is 28.4. The number of rotatable bonds is 5. The average molecular weight is 350 g/mol. The molecule has 1 aliphatic rings. The van der Waals surface area contributed by atoms with Crippen molar-refractivity contribution in [2.45, 2.75) is 18.9 Å². The zero-order valence-corrected chi connectivity index (χ0v) is 13.7. The van der Waals surface area contributed by atoms with Gasteiger partial charge in [-0.2, -0.15) is 0 Å². The van der Waals surface area contributed by atoms with Gasteiger partial charge in [0.25, 0.3) is 5.92 Å². The molecule has 1 aliphatic heterocycles. The molecule has 0 aromatic heterocycles. The monoisotopic (exact) mass is 349 g/mol. The summed E-state index contributed by atoms with van der Waals surface area (Å²) in [6, 6.07) is 5.16. The molecule has 1 fully saturated rings. The van der Waals surface area contributed by atoms with Gasteiger partial charge in [-0.25, -0.2) is 8.78 Å². The summed E-state index contributed by atoms with van der Waals surface area (Å²) >= 11 is 0. The molecule has 0 spiro atoms. The summed E-state index contributed by atoms with van der Waals surface area (Å²) in [7, 11) is 0. The molecule has 1 aromatic rings. The number of amides is 1. The Labute approximate surface area is 140 Å². The number of aliphatic hydroxyl groups is 1. The molecule has 1 heterocycles. The lowest BCUT2D eigenvalue weighted by molar-refractivity contribution is -0.118. The van der Waals surface area contributed by atoms with Gasteiger partial charge in [0.15, 0.2) is 0 Å². The van der Waals surface area contributed by atoms with Gasteiger partial charge < -0.3 is 15.7 Å². The summed E-state index contributed by atoms with van der Waals surface area (Å²) in [6.07, 6.45) is 0. The second-order valence-corrected chi connectivity index (χ2v) is 5.41. The summed E-state index contributed by atoms with van der Waals surface area (Å²) in [5, 5.41) is 14.8. The van der Waals surface area contributed by atoms with Gasteiger partial charge >= 0.3 is 0 Å². The SMILES string of the molecule is CC(=O)Nc1ccc([C@H](N2CCNCC2)C(F)(F)CO)cc1.Cl. The Morgan fingerprint density at radius 2 is 1.91 bits per heavy atom. The molecule has 0 bridgehead atoms. The number of nitrogens with one attached hydrogen (secondary N) is 2. The van der Waals surface area contributed by atoms with E-state index in [-0.39, 0.29) is 18.3 Å². The van der Waals surface area contributed by atoms with Crippen molar-refractivity contribution >= 4 is 24.0 Å². The maximum Gasteiger partial charge on any atom is 0.289 e. The molecule has 1 amide bonds. The molecule has 0 saturated carbocycles. The van der Waals surface area contributed by atoms with E-state index in [4.69, 9.17) is 5.11 Å². The maximum atomic E-state index is 14.2. The number of halogens is 3. The zero-order chi connectivity index (χ0) is 16.2. The molecule has 1 saturated heterocycles. The van der Waals surface area contributed by atoms with Crippen LogP contribution in [0.3, 0.4) is 0 Å². The number of alkyl halides is 2. The second-order valence-electron chi connectivity index (χ2n) is 5.41. The molecule has 0 unspecified atom stereocenters. The molecular formula is C15H22ClF2N3O2. The van der Waals surface area contributed by atoms with Crippen molar-refractivity contribution in [3.05, 3.63) is 29.8 Å². The highest BCUT2D eigenvalue weighted by molar-refractivity contribution is 5.88. The van der Waals surface area contributed by atoms with Crippen LogP contribution in [0.1, 0.15) is 18.5 Å². The highest BCUT2D eigenvalue weighted by Crippen LogP contribution is 2.36. The smallest absolute Gasteiger partial charge is 0.289 e. The van der Waals surface area contributed by atoms with E-state index in [0.29, 0.717) is 37.4 Å². The highest BCUT2D eigenvalue weighted by atomic mass is 35.5. The van der Waals surface area contributed by atoms with Crippen LogP contribution in [-0.4, -0.2) is 54.6 Å². The van der Waals surface area contributed by atoms with Crippen molar-refractivity contribution in [3.63, 3.8) is 0 Å². The van der Waals surface area contributed by atoms with Crippen LogP contribution in [0.15, 0.2) is 24.3 Å². The largest absolute Gasteiger partial charge is 0.390 e. The van der Waals surface area contributed by atoms with E-state index in [1.807, 2.05) is 0 Å². The molecule has 3 N–H and O–H groups in total. The van der Waals surface area contributed by atoms with Gasteiger partial charge in [0.1, 0.15) is 12.6 Å². The van der Waals surface area contributed by atoms with Crippen molar-refractivity contribution in [2.24, 2.45) is 0 Å². The van der Waals surface area contributed by atoms with Crippen molar-refractivity contribution in [2.75, 3.05) is 38.1 Å². The number of piperazine rings is 1. The van der Waals surface area contributed by atoms with Gasteiger partial charge in [-0.3, -0.25) is 9.69 Å². The fourth-order valence-electron chi connectivity index (χ4n) is 2.70. The van der Waals surface area contributed by atoms with E-state index in [0.717, 1.165) is 0 Å². The van der Waals surface area contributed by atoms with E-state index in [2.05, 4.69) is 10.6 Å². The highest BCUT2D eigenvalue weighted by Gasteiger charge is 2.43. The Hall–Kier alpha value is -1.28. The average Bonchev–Trinajstić information content (AvgIpc) is 2.49. The van der Waals surface area contributed by atoms with Gasteiger partial charge in [-0.1, -0.05) is 12.1 Å². The molecule has 2 rings (SSSR count). The van der Waals surface area contributed by atoms with E-state index in [9.17, 15) is 13.6 Å². The Balaban J connectivity index is 0.00000264. The predicted molar refractivity (Wildman–Crippen MR) is 87.2 cm³/mol. The fourth-order valence-corrected chi connectivity index (χ4v) is 2.70. The topological polar surface area (TPSA) is 64.6 Å². The third-order valence-electron chi connectivity index (χ3n) is 3.67. The number of nitrogens with zero attached hydrogens (tertiary/aromatic N) is 1. The first-order valence-electron chi connectivity index (χ1n) is 7.25. The summed E-state index contributed by atoms with van der Waals surface area (Å²) in [6.45, 7) is 2.46. The first kappa shape index (κ1) is 19.8. The van der Waals surface area contributed by atoms with Gasteiger partial charge in [0.2, 0.25) is 5.91 Å². The van der Waals surface area contributed by atoms with Crippen LogP contribution >= 0.6 is 12.4 Å². The van der Waals surface area contributed by atoms with Crippen LogP contribution in [0.5, 0.6) is 0 Å². The van der Waals surface area contributed by atoms with E-state index in [1.54, 1.807) is 29.2 Å². The van der Waals surface area contributed by atoms with Crippen LogP contribution in [0.4, 0.5) is 14.5 Å². The van der Waals surface area contributed by atoms with Crippen LogP contribution in [0.2, 0.25) is 0 Å². The zero-order valence-electron chi connectivity index (χ0n) is 12.9. The van der Waals surface area contributed by atoms with E-state index in [1.165, 1.54) is 6.92 Å². The molecule has 0 aliphatic carbocycles. The van der Waals surface area contributed by atoms with Crippen molar-refractivity contribution in [3.8, 4) is 0 Å². The van der Waals surface area contributed by atoms with Crippen molar-refractivity contribution in [1.29, 1.82) is 0 Å². The first-order chi connectivity index (χ1) is 10.4. The number of hydrogen-bond donors (Lipinski definition) is 3. The van der Waals surface area contributed by atoms with Gasteiger partial charge in [0, 0.05) is 38.8 Å². The van der Waals surface area contributed by atoms with Crippen LogP contribution < -0.4 is 10.6 Å². The lowest BCUT2D eigenvalue weighted by Crippen LogP contribution is -2.51. The van der Waals surface area contributed by atoms with Crippen molar-refractivity contribution < 1.29 is 18.7 Å². The molecule has 8 heteroatoms. The van der Waals surface area contributed by atoms with E-state index >= 15 is 0 Å². The lowest BCUT2D eigenvalue weighted by atomic mass is 9.98. The number of benzene rings is 1. The quantitative estimate of drug-likeness (QED) is 0.756. The molecule has 0 radical (unpaired) electrons. The molecular weight excluding hydrogens is 328 g/mol.